The molecule has 0 saturated carbocycles. The summed E-state index contributed by atoms with van der Waals surface area (Å²) in [5.41, 5.74) is 0.456. The molecular weight excluding hydrogens is 371 g/mol. The summed E-state index contributed by atoms with van der Waals surface area (Å²) in [7, 11) is 1.30. The topological polar surface area (TPSA) is 108 Å². The number of hydrogen-bond acceptors (Lipinski definition) is 6. The number of anilines is 1. The number of non-ortho nitro benzene ring substituents is 1. The molecule has 0 heterocycles. The molecule has 0 aromatic heterocycles. The highest BCUT2D eigenvalue weighted by atomic mass is 19.1. The van der Waals surface area contributed by atoms with Crippen molar-refractivity contribution in [2.75, 3.05) is 12.4 Å². The number of methoxy groups -OCH3 is 1. The minimum absolute atomic E-state index is 0.0899. The molecule has 1 N–H and O–H groups in total. The lowest BCUT2D eigenvalue weighted by Crippen LogP contribution is -2.29. The molecule has 1 amide bonds. The smallest absolute Gasteiger partial charge is 0.331 e. The molecule has 0 spiro atoms. The number of nitrogens with zero attached hydrogens (tertiary/aromatic N) is 1. The van der Waals surface area contributed by atoms with Crippen molar-refractivity contribution in [1.29, 1.82) is 0 Å². The number of benzene rings is 2. The summed E-state index contributed by atoms with van der Waals surface area (Å²) in [6.45, 7) is 1.36. The van der Waals surface area contributed by atoms with Gasteiger partial charge in [-0.05, 0) is 36.8 Å². The lowest BCUT2D eigenvalue weighted by molar-refractivity contribution is -0.384. The quantitative estimate of drug-likeness (QED) is 0.337. The Kier molecular flexibility index (Phi) is 6.80. The summed E-state index contributed by atoms with van der Waals surface area (Å²) >= 11 is 0. The van der Waals surface area contributed by atoms with Crippen molar-refractivity contribution in [3.63, 3.8) is 0 Å². The Hall–Kier alpha value is -3.75. The van der Waals surface area contributed by atoms with E-state index < -0.39 is 28.7 Å². The van der Waals surface area contributed by atoms with Crippen LogP contribution >= 0.6 is 0 Å². The van der Waals surface area contributed by atoms with E-state index in [1.54, 1.807) is 6.07 Å². The van der Waals surface area contributed by atoms with Crippen molar-refractivity contribution < 1.29 is 28.4 Å². The van der Waals surface area contributed by atoms with E-state index in [2.05, 4.69) is 5.32 Å². The van der Waals surface area contributed by atoms with E-state index in [1.165, 1.54) is 50.4 Å². The largest absolute Gasteiger partial charge is 0.494 e. The van der Waals surface area contributed by atoms with Gasteiger partial charge in [0.05, 0.1) is 23.8 Å². The van der Waals surface area contributed by atoms with E-state index in [1.807, 2.05) is 0 Å². The molecular formula is C19H17FN2O6. The first-order valence-corrected chi connectivity index (χ1v) is 8.07. The maximum Gasteiger partial charge on any atom is 0.331 e. The second-order valence-electron chi connectivity index (χ2n) is 5.60. The van der Waals surface area contributed by atoms with E-state index in [0.29, 0.717) is 5.56 Å². The van der Waals surface area contributed by atoms with E-state index in [4.69, 9.17) is 9.47 Å². The fourth-order valence-electron chi connectivity index (χ4n) is 2.17. The highest BCUT2D eigenvalue weighted by Crippen LogP contribution is 2.29. The van der Waals surface area contributed by atoms with Gasteiger partial charge in [-0.3, -0.25) is 14.9 Å². The van der Waals surface area contributed by atoms with Gasteiger partial charge in [-0.1, -0.05) is 12.1 Å². The molecule has 28 heavy (non-hydrogen) atoms. The summed E-state index contributed by atoms with van der Waals surface area (Å²) in [5.74, 6) is -1.80. The van der Waals surface area contributed by atoms with Crippen LogP contribution in [-0.2, 0) is 14.3 Å². The number of nitrogens with one attached hydrogen (secondary N) is 1. The van der Waals surface area contributed by atoms with Crippen molar-refractivity contribution >= 4 is 29.3 Å². The van der Waals surface area contributed by atoms with Gasteiger partial charge in [0.15, 0.2) is 6.10 Å². The van der Waals surface area contributed by atoms with Gasteiger partial charge in [-0.2, -0.15) is 0 Å². The Morgan fingerprint density at radius 2 is 2.00 bits per heavy atom. The van der Waals surface area contributed by atoms with Gasteiger partial charge in [0.2, 0.25) is 0 Å². The average Bonchev–Trinajstić information content (AvgIpc) is 2.66. The van der Waals surface area contributed by atoms with Crippen LogP contribution in [0.5, 0.6) is 5.75 Å². The second kappa shape index (κ2) is 9.26. The van der Waals surface area contributed by atoms with Crippen LogP contribution in [0.1, 0.15) is 12.5 Å². The van der Waals surface area contributed by atoms with Crippen LogP contribution in [0.15, 0.2) is 48.5 Å². The molecule has 0 bridgehead atoms. The number of carbonyl (C=O) groups excluding carboxylic acids is 2. The maximum atomic E-state index is 13.1. The summed E-state index contributed by atoms with van der Waals surface area (Å²) < 4.78 is 23.1. The number of ether oxygens (including phenoxy) is 2. The van der Waals surface area contributed by atoms with Crippen LogP contribution in [0.3, 0.4) is 0 Å². The Balaban J connectivity index is 1.99. The zero-order valence-corrected chi connectivity index (χ0v) is 15.0. The third kappa shape index (κ3) is 5.63. The van der Waals surface area contributed by atoms with Crippen LogP contribution in [0, 0.1) is 15.9 Å². The summed E-state index contributed by atoms with van der Waals surface area (Å²) in [6.07, 6.45) is 1.28. The van der Waals surface area contributed by atoms with E-state index in [0.717, 1.165) is 12.1 Å². The highest BCUT2D eigenvalue weighted by molar-refractivity contribution is 5.97. The normalized spacial score (nSPS) is 11.7. The van der Waals surface area contributed by atoms with Crippen molar-refractivity contribution in [3.05, 3.63) is 70.0 Å². The average molecular weight is 388 g/mol. The van der Waals surface area contributed by atoms with Crippen molar-refractivity contribution in [2.24, 2.45) is 0 Å². The predicted molar refractivity (Wildman–Crippen MR) is 99.3 cm³/mol. The summed E-state index contributed by atoms with van der Waals surface area (Å²) in [5, 5.41) is 13.3. The van der Waals surface area contributed by atoms with Gasteiger partial charge >= 0.3 is 5.97 Å². The molecule has 0 aliphatic rings. The Labute approximate surface area is 159 Å². The van der Waals surface area contributed by atoms with Crippen LogP contribution in [0.4, 0.5) is 15.8 Å². The Bertz CT molecular complexity index is 928. The monoisotopic (exact) mass is 388 g/mol. The summed E-state index contributed by atoms with van der Waals surface area (Å²) in [4.78, 5) is 34.2. The van der Waals surface area contributed by atoms with Gasteiger partial charge < -0.3 is 14.8 Å². The first-order valence-electron chi connectivity index (χ1n) is 8.07. The minimum atomic E-state index is -1.15. The molecule has 0 saturated heterocycles. The maximum absolute atomic E-state index is 13.1. The second-order valence-corrected chi connectivity index (χ2v) is 5.60. The molecule has 2 aromatic rings. The molecule has 2 rings (SSSR count). The molecule has 1 atom stereocenters. The Morgan fingerprint density at radius 1 is 1.25 bits per heavy atom. The predicted octanol–water partition coefficient (Wildman–Crippen LogP) is 3.33. The molecule has 0 aliphatic heterocycles. The molecule has 0 unspecified atom stereocenters. The van der Waals surface area contributed by atoms with Gasteiger partial charge in [-0.25, -0.2) is 9.18 Å². The molecule has 9 heteroatoms. The molecule has 0 aliphatic carbocycles. The number of rotatable bonds is 7. The first kappa shape index (κ1) is 20.6. The van der Waals surface area contributed by atoms with Gasteiger partial charge in [0.1, 0.15) is 11.6 Å². The standard InChI is InChI=1S/C19H17FN2O6/c1-12(28-18(23)9-6-13-4-3-5-14(20)10-13)19(24)21-16-8-7-15(22(25)26)11-17(16)27-2/h3-12H,1-2H3,(H,21,24)/b9-6+/t12-/m0/s1. The molecule has 8 nitrogen and oxygen atoms in total. The van der Waals surface area contributed by atoms with Crippen LogP contribution < -0.4 is 10.1 Å². The van der Waals surface area contributed by atoms with E-state index in [-0.39, 0.29) is 17.1 Å². The zero-order valence-electron chi connectivity index (χ0n) is 15.0. The highest BCUT2D eigenvalue weighted by Gasteiger charge is 2.19. The van der Waals surface area contributed by atoms with Gasteiger partial charge in [0.25, 0.3) is 11.6 Å². The van der Waals surface area contributed by atoms with Crippen molar-refractivity contribution in [3.8, 4) is 5.75 Å². The number of amides is 1. The third-order valence-corrected chi connectivity index (χ3v) is 3.58. The number of hydrogen-bond donors (Lipinski definition) is 1. The van der Waals surface area contributed by atoms with Crippen molar-refractivity contribution in [2.45, 2.75) is 13.0 Å². The lowest BCUT2D eigenvalue weighted by Gasteiger charge is -2.14. The summed E-state index contributed by atoms with van der Waals surface area (Å²) in [6, 6.07) is 9.28. The first-order chi connectivity index (χ1) is 13.3. The number of nitro benzene ring substituents is 1. The fourth-order valence-corrected chi connectivity index (χ4v) is 2.17. The number of halogens is 1. The van der Waals surface area contributed by atoms with Crippen LogP contribution in [0.2, 0.25) is 0 Å². The molecule has 146 valence electrons. The molecule has 0 fully saturated rings. The van der Waals surface area contributed by atoms with Crippen molar-refractivity contribution in [1.82, 2.24) is 0 Å². The van der Waals surface area contributed by atoms with Gasteiger partial charge in [-0.15, -0.1) is 0 Å². The SMILES string of the molecule is COc1cc([N+](=O)[O-])ccc1NC(=O)[C@H](C)OC(=O)/C=C/c1cccc(F)c1. The third-order valence-electron chi connectivity index (χ3n) is 3.58. The van der Waals surface area contributed by atoms with Crippen LogP contribution in [-0.4, -0.2) is 30.0 Å². The molecule has 0 radical (unpaired) electrons. The fraction of sp³-hybridized carbons (Fsp3) is 0.158. The Morgan fingerprint density at radius 3 is 2.64 bits per heavy atom. The number of nitro groups is 1. The van der Waals surface area contributed by atoms with E-state index >= 15 is 0 Å². The van der Waals surface area contributed by atoms with Crippen LogP contribution in [0.25, 0.3) is 6.08 Å². The van der Waals surface area contributed by atoms with Gasteiger partial charge in [0, 0.05) is 12.1 Å². The minimum Gasteiger partial charge on any atom is -0.494 e. The lowest BCUT2D eigenvalue weighted by atomic mass is 10.2. The molecule has 2 aromatic carbocycles. The van der Waals surface area contributed by atoms with E-state index in [9.17, 15) is 24.1 Å². The zero-order chi connectivity index (χ0) is 20.7. The number of esters is 1. The number of carbonyl (C=O) groups is 2.